The van der Waals surface area contributed by atoms with Crippen molar-refractivity contribution in [3.63, 3.8) is 0 Å². The Morgan fingerprint density at radius 3 is 2.72 bits per heavy atom. The van der Waals surface area contributed by atoms with Crippen molar-refractivity contribution in [2.45, 2.75) is 12.1 Å². The Morgan fingerprint density at radius 1 is 1.21 bits per heavy atom. The zero-order valence-corrected chi connectivity index (χ0v) is 16.2. The number of aryl methyl sites for hydroxylation is 1. The van der Waals surface area contributed by atoms with Crippen molar-refractivity contribution >= 4 is 34.4 Å². The second-order valence-electron chi connectivity index (χ2n) is 6.29. The average molecular weight is 409 g/mol. The smallest absolute Gasteiger partial charge is 0.262 e. The van der Waals surface area contributed by atoms with E-state index in [4.69, 9.17) is 0 Å². The number of amides is 1. The molecule has 0 saturated carbocycles. The first kappa shape index (κ1) is 18.9. The van der Waals surface area contributed by atoms with Crippen LogP contribution in [0, 0.1) is 12.7 Å². The summed E-state index contributed by atoms with van der Waals surface area (Å²) in [6.45, 7) is 1.95. The van der Waals surface area contributed by atoms with E-state index >= 15 is 0 Å². The van der Waals surface area contributed by atoms with Crippen LogP contribution in [0.3, 0.4) is 0 Å². The summed E-state index contributed by atoms with van der Waals surface area (Å²) >= 11 is 1.10. The molecule has 29 heavy (non-hydrogen) atoms. The molecule has 146 valence electrons. The summed E-state index contributed by atoms with van der Waals surface area (Å²) in [6, 6.07) is 13.1. The predicted octanol–water partition coefficient (Wildman–Crippen LogP) is 3.29. The van der Waals surface area contributed by atoms with E-state index in [1.165, 1.54) is 30.5 Å². The van der Waals surface area contributed by atoms with E-state index in [9.17, 15) is 14.0 Å². The minimum Gasteiger partial charge on any atom is -0.325 e. The van der Waals surface area contributed by atoms with Crippen LogP contribution in [0.1, 0.15) is 5.56 Å². The third-order valence-corrected chi connectivity index (χ3v) is 5.10. The fourth-order valence-electron chi connectivity index (χ4n) is 2.81. The maximum Gasteiger partial charge on any atom is 0.262 e. The number of thioether (sulfide) groups is 1. The number of rotatable bonds is 5. The van der Waals surface area contributed by atoms with Gasteiger partial charge in [-0.1, -0.05) is 30.0 Å². The first-order valence-electron chi connectivity index (χ1n) is 8.73. The minimum atomic E-state index is -0.377. The van der Waals surface area contributed by atoms with Gasteiger partial charge in [0.05, 0.1) is 17.6 Å². The summed E-state index contributed by atoms with van der Waals surface area (Å²) in [4.78, 5) is 31.7. The van der Waals surface area contributed by atoms with Gasteiger partial charge in [0.1, 0.15) is 11.2 Å². The third-order valence-electron chi connectivity index (χ3n) is 4.23. The molecule has 0 aliphatic heterocycles. The number of anilines is 1. The van der Waals surface area contributed by atoms with Crippen molar-refractivity contribution in [2.24, 2.45) is 0 Å². The molecule has 2 N–H and O–H groups in total. The number of carbonyl (C=O) groups is 1. The summed E-state index contributed by atoms with van der Waals surface area (Å²) in [5.41, 5.74) is 2.41. The maximum absolute atomic E-state index is 12.9. The SMILES string of the molecule is Cc1ccccc1-n1ncc2c(=O)[nH]c(SCC(=O)Nc3ccc(F)cc3)nc21. The molecule has 0 saturated heterocycles. The van der Waals surface area contributed by atoms with Crippen molar-refractivity contribution in [1.29, 1.82) is 0 Å². The van der Waals surface area contributed by atoms with Gasteiger partial charge in [0.2, 0.25) is 5.91 Å². The molecule has 2 aromatic heterocycles. The summed E-state index contributed by atoms with van der Waals surface area (Å²) in [5.74, 6) is -0.640. The highest BCUT2D eigenvalue weighted by atomic mass is 32.2. The largest absolute Gasteiger partial charge is 0.325 e. The van der Waals surface area contributed by atoms with Crippen molar-refractivity contribution in [2.75, 3.05) is 11.1 Å². The van der Waals surface area contributed by atoms with E-state index in [2.05, 4.69) is 20.4 Å². The lowest BCUT2D eigenvalue weighted by Gasteiger charge is -2.07. The lowest BCUT2D eigenvalue weighted by Crippen LogP contribution is -2.15. The Kier molecular flexibility index (Phi) is 5.13. The van der Waals surface area contributed by atoms with Crippen molar-refractivity contribution in [3.05, 3.63) is 76.5 Å². The van der Waals surface area contributed by atoms with Crippen molar-refractivity contribution in [3.8, 4) is 5.69 Å². The number of nitrogens with one attached hydrogen (secondary N) is 2. The molecule has 0 atom stereocenters. The molecular formula is C20H16FN5O2S. The lowest BCUT2D eigenvalue weighted by atomic mass is 10.2. The highest BCUT2D eigenvalue weighted by Gasteiger charge is 2.14. The molecule has 0 aliphatic carbocycles. The topological polar surface area (TPSA) is 92.7 Å². The molecule has 0 bridgehead atoms. The number of aromatic amines is 1. The number of aromatic nitrogens is 4. The summed E-state index contributed by atoms with van der Waals surface area (Å²) in [6.07, 6.45) is 1.48. The van der Waals surface area contributed by atoms with Crippen LogP contribution in [0.25, 0.3) is 16.7 Å². The lowest BCUT2D eigenvalue weighted by molar-refractivity contribution is -0.113. The Labute approximate surface area is 169 Å². The molecule has 1 amide bonds. The number of halogens is 1. The van der Waals surface area contributed by atoms with Gasteiger partial charge < -0.3 is 10.3 Å². The fraction of sp³-hybridized carbons (Fsp3) is 0.100. The fourth-order valence-corrected chi connectivity index (χ4v) is 3.46. The molecular weight excluding hydrogens is 393 g/mol. The average Bonchev–Trinajstić information content (AvgIpc) is 3.13. The Morgan fingerprint density at radius 2 is 1.97 bits per heavy atom. The number of hydrogen-bond acceptors (Lipinski definition) is 5. The number of fused-ring (bicyclic) bond motifs is 1. The van der Waals surface area contributed by atoms with Gasteiger partial charge >= 0.3 is 0 Å². The number of hydrogen-bond donors (Lipinski definition) is 2. The molecule has 0 spiro atoms. The maximum atomic E-state index is 12.9. The van der Waals surface area contributed by atoms with Crippen LogP contribution < -0.4 is 10.9 Å². The number of carbonyl (C=O) groups excluding carboxylic acids is 1. The van der Waals surface area contributed by atoms with Gasteiger partial charge in [-0.15, -0.1) is 0 Å². The molecule has 2 heterocycles. The molecule has 0 aliphatic rings. The van der Waals surface area contributed by atoms with Gasteiger partial charge in [0.25, 0.3) is 5.56 Å². The zero-order chi connectivity index (χ0) is 20.4. The Hall–Kier alpha value is -3.46. The van der Waals surface area contributed by atoms with E-state index in [1.54, 1.807) is 4.68 Å². The monoisotopic (exact) mass is 409 g/mol. The predicted molar refractivity (Wildman–Crippen MR) is 110 cm³/mol. The summed E-state index contributed by atoms with van der Waals surface area (Å²) in [5, 5.41) is 7.65. The summed E-state index contributed by atoms with van der Waals surface area (Å²) in [7, 11) is 0. The number of H-pyrrole nitrogens is 1. The first-order valence-corrected chi connectivity index (χ1v) is 9.72. The molecule has 7 nitrogen and oxygen atoms in total. The van der Waals surface area contributed by atoms with Gasteiger partial charge in [-0.2, -0.15) is 5.10 Å². The third kappa shape index (κ3) is 4.04. The van der Waals surface area contributed by atoms with Crippen LogP contribution in [0.4, 0.5) is 10.1 Å². The van der Waals surface area contributed by atoms with E-state index in [-0.39, 0.29) is 23.0 Å². The van der Waals surface area contributed by atoms with Gasteiger partial charge in [-0.05, 0) is 42.8 Å². The number of nitrogens with zero attached hydrogens (tertiary/aromatic N) is 3. The molecule has 4 aromatic rings. The van der Waals surface area contributed by atoms with Gasteiger partial charge in [0, 0.05) is 5.69 Å². The van der Waals surface area contributed by atoms with Crippen LogP contribution in [0.5, 0.6) is 0 Å². The highest BCUT2D eigenvalue weighted by molar-refractivity contribution is 7.99. The number of para-hydroxylation sites is 1. The standard InChI is InChI=1S/C20H16FN5O2S/c1-12-4-2-3-5-16(12)26-18-15(10-22-26)19(28)25-20(24-18)29-11-17(27)23-14-8-6-13(21)7-9-14/h2-10H,11H2,1H3,(H,23,27)(H,24,25,28). The summed E-state index contributed by atoms with van der Waals surface area (Å²) < 4.78 is 14.6. The molecule has 0 fully saturated rings. The van der Waals surface area contributed by atoms with Crippen LogP contribution in [0.2, 0.25) is 0 Å². The first-order chi connectivity index (χ1) is 14.0. The molecule has 2 aromatic carbocycles. The van der Waals surface area contributed by atoms with E-state index < -0.39 is 0 Å². The van der Waals surface area contributed by atoms with Gasteiger partial charge in [-0.25, -0.2) is 14.1 Å². The molecule has 0 unspecified atom stereocenters. The van der Waals surface area contributed by atoms with Crippen LogP contribution in [-0.2, 0) is 4.79 Å². The zero-order valence-electron chi connectivity index (χ0n) is 15.3. The van der Waals surface area contributed by atoms with Crippen LogP contribution >= 0.6 is 11.8 Å². The van der Waals surface area contributed by atoms with E-state index in [0.29, 0.717) is 21.9 Å². The molecule has 9 heteroatoms. The van der Waals surface area contributed by atoms with Gasteiger partial charge in [-0.3, -0.25) is 9.59 Å². The van der Waals surface area contributed by atoms with Gasteiger partial charge in [0.15, 0.2) is 10.8 Å². The Bertz CT molecular complexity index is 1250. The highest BCUT2D eigenvalue weighted by Crippen LogP contribution is 2.20. The second-order valence-corrected chi connectivity index (χ2v) is 7.26. The van der Waals surface area contributed by atoms with Crippen molar-refractivity contribution < 1.29 is 9.18 Å². The minimum absolute atomic E-state index is 0.0321. The molecule has 0 radical (unpaired) electrons. The molecule has 4 rings (SSSR count). The number of benzene rings is 2. The normalized spacial score (nSPS) is 11.0. The quantitative estimate of drug-likeness (QED) is 0.390. The Balaban J connectivity index is 1.56. The second kappa shape index (κ2) is 7.88. The van der Waals surface area contributed by atoms with Crippen LogP contribution in [0.15, 0.2) is 64.7 Å². The van der Waals surface area contributed by atoms with Crippen LogP contribution in [-0.4, -0.2) is 31.4 Å². The van der Waals surface area contributed by atoms with E-state index in [1.807, 2.05) is 31.2 Å². The van der Waals surface area contributed by atoms with E-state index in [0.717, 1.165) is 23.0 Å². The van der Waals surface area contributed by atoms with Crippen molar-refractivity contribution in [1.82, 2.24) is 19.7 Å².